The third-order valence-corrected chi connectivity index (χ3v) is 3.01. The lowest BCUT2D eigenvalue weighted by Crippen LogP contribution is -2.03. The van der Waals surface area contributed by atoms with Crippen molar-refractivity contribution in [2.45, 2.75) is 13.2 Å². The number of aromatic carboxylic acids is 2. The number of aliphatic hydroxyl groups is 2. The molecule has 1 aromatic carbocycles. The highest BCUT2D eigenvalue weighted by molar-refractivity contribution is 5.91. The largest absolute Gasteiger partial charge is 0.478 e. The first-order chi connectivity index (χ1) is 10.4. The molecule has 0 atom stereocenters. The molecule has 0 spiro atoms. The van der Waals surface area contributed by atoms with E-state index >= 15 is 0 Å². The minimum absolute atomic E-state index is 0.0466. The Balaban J connectivity index is 2.64. The standard InChI is InChI=1S/C15H13NO6/c17-6-8-1-9(3-10(2-8)14(19)20)13-5-11(15(21)22)4-12(7-18)16-13/h1-5,17-18H,6-7H2,(H,19,20)(H,21,22). The normalized spacial score (nSPS) is 10.5. The summed E-state index contributed by atoms with van der Waals surface area (Å²) in [6, 6.07) is 6.68. The van der Waals surface area contributed by atoms with Crippen molar-refractivity contribution in [3.8, 4) is 11.3 Å². The van der Waals surface area contributed by atoms with Crippen LogP contribution in [0.4, 0.5) is 0 Å². The molecule has 1 aromatic heterocycles. The molecular weight excluding hydrogens is 290 g/mol. The number of aromatic nitrogens is 1. The Hall–Kier alpha value is -2.77. The lowest BCUT2D eigenvalue weighted by atomic mass is 10.0. The first kappa shape index (κ1) is 15.6. The maximum atomic E-state index is 11.1. The zero-order valence-corrected chi connectivity index (χ0v) is 11.4. The van der Waals surface area contributed by atoms with E-state index in [2.05, 4.69) is 4.98 Å². The van der Waals surface area contributed by atoms with E-state index in [1.54, 1.807) is 0 Å². The molecule has 0 aliphatic rings. The number of carbonyl (C=O) groups is 2. The highest BCUT2D eigenvalue weighted by atomic mass is 16.4. The van der Waals surface area contributed by atoms with Gasteiger partial charge in [-0.3, -0.25) is 4.98 Å². The molecule has 0 amide bonds. The van der Waals surface area contributed by atoms with Gasteiger partial charge in [-0.05, 0) is 35.9 Å². The van der Waals surface area contributed by atoms with Gasteiger partial charge in [0.2, 0.25) is 0 Å². The highest BCUT2D eigenvalue weighted by Crippen LogP contribution is 2.23. The second kappa shape index (κ2) is 6.33. The van der Waals surface area contributed by atoms with E-state index in [9.17, 15) is 14.7 Å². The van der Waals surface area contributed by atoms with Gasteiger partial charge in [0.15, 0.2) is 0 Å². The van der Waals surface area contributed by atoms with Crippen LogP contribution in [-0.4, -0.2) is 37.3 Å². The molecule has 0 saturated heterocycles. The molecule has 22 heavy (non-hydrogen) atoms. The van der Waals surface area contributed by atoms with Crippen molar-refractivity contribution in [3.63, 3.8) is 0 Å². The average Bonchev–Trinajstić information content (AvgIpc) is 2.53. The number of benzene rings is 1. The van der Waals surface area contributed by atoms with E-state index in [1.165, 1.54) is 30.3 Å². The van der Waals surface area contributed by atoms with Crippen LogP contribution in [0, 0.1) is 0 Å². The van der Waals surface area contributed by atoms with Crippen molar-refractivity contribution in [1.82, 2.24) is 4.98 Å². The first-order valence-corrected chi connectivity index (χ1v) is 6.28. The molecule has 0 unspecified atom stereocenters. The number of pyridine rings is 1. The van der Waals surface area contributed by atoms with Crippen LogP contribution < -0.4 is 0 Å². The van der Waals surface area contributed by atoms with Crippen LogP contribution in [0.3, 0.4) is 0 Å². The van der Waals surface area contributed by atoms with Gasteiger partial charge in [0.05, 0.1) is 35.7 Å². The molecule has 0 aliphatic heterocycles. The van der Waals surface area contributed by atoms with Crippen molar-refractivity contribution in [2.75, 3.05) is 0 Å². The number of carboxylic acids is 2. The van der Waals surface area contributed by atoms with E-state index in [1.807, 2.05) is 0 Å². The Morgan fingerprint density at radius 1 is 0.864 bits per heavy atom. The Kier molecular flexibility index (Phi) is 4.50. The average molecular weight is 303 g/mol. The topological polar surface area (TPSA) is 128 Å². The van der Waals surface area contributed by atoms with Crippen LogP contribution in [0.15, 0.2) is 30.3 Å². The maximum Gasteiger partial charge on any atom is 0.335 e. The summed E-state index contributed by atoms with van der Waals surface area (Å²) in [6.07, 6.45) is 0. The van der Waals surface area contributed by atoms with Crippen molar-refractivity contribution in [3.05, 3.63) is 52.7 Å². The molecule has 4 N–H and O–H groups in total. The number of rotatable bonds is 5. The summed E-state index contributed by atoms with van der Waals surface area (Å²) in [6.45, 7) is -0.806. The van der Waals surface area contributed by atoms with Crippen LogP contribution in [0.2, 0.25) is 0 Å². The van der Waals surface area contributed by atoms with Crippen LogP contribution in [0.1, 0.15) is 32.0 Å². The fourth-order valence-corrected chi connectivity index (χ4v) is 1.99. The first-order valence-electron chi connectivity index (χ1n) is 6.28. The van der Waals surface area contributed by atoms with Crippen LogP contribution >= 0.6 is 0 Å². The number of nitrogens with zero attached hydrogens (tertiary/aromatic N) is 1. The van der Waals surface area contributed by atoms with Crippen molar-refractivity contribution < 1.29 is 30.0 Å². The molecule has 2 aromatic rings. The molecule has 0 aliphatic carbocycles. The Bertz CT molecular complexity index is 677. The molecule has 114 valence electrons. The van der Waals surface area contributed by atoms with Gasteiger partial charge in [0, 0.05) is 5.56 Å². The Labute approximate surface area is 125 Å². The zero-order chi connectivity index (χ0) is 16.3. The second-order valence-electron chi connectivity index (χ2n) is 4.58. The molecule has 7 nitrogen and oxygen atoms in total. The molecule has 2 rings (SSSR count). The van der Waals surface area contributed by atoms with Gasteiger partial charge in [-0.2, -0.15) is 0 Å². The lowest BCUT2D eigenvalue weighted by Gasteiger charge is -2.08. The number of aliphatic hydroxyl groups excluding tert-OH is 2. The predicted molar refractivity (Wildman–Crippen MR) is 75.4 cm³/mol. The molecular formula is C15H13NO6. The Morgan fingerprint density at radius 3 is 2.05 bits per heavy atom. The molecule has 7 heteroatoms. The van der Waals surface area contributed by atoms with Gasteiger partial charge in [0.25, 0.3) is 0 Å². The van der Waals surface area contributed by atoms with Gasteiger partial charge in [-0.25, -0.2) is 9.59 Å². The summed E-state index contributed by atoms with van der Waals surface area (Å²) in [5, 5.41) is 36.5. The summed E-state index contributed by atoms with van der Waals surface area (Å²) in [5.41, 5.74) is 0.961. The number of hydrogen-bond acceptors (Lipinski definition) is 5. The fraction of sp³-hybridized carbons (Fsp3) is 0.133. The third kappa shape index (κ3) is 3.27. The molecule has 1 heterocycles. The molecule has 0 radical (unpaired) electrons. The van der Waals surface area contributed by atoms with E-state index in [4.69, 9.17) is 15.3 Å². The van der Waals surface area contributed by atoms with Crippen molar-refractivity contribution >= 4 is 11.9 Å². The van der Waals surface area contributed by atoms with E-state index in [0.29, 0.717) is 11.1 Å². The summed E-state index contributed by atoms with van der Waals surface area (Å²) in [5.74, 6) is -2.36. The smallest absolute Gasteiger partial charge is 0.335 e. The monoisotopic (exact) mass is 303 g/mol. The molecule has 0 bridgehead atoms. The number of carboxylic acid groups (broad SMARTS) is 2. The molecule has 0 saturated carbocycles. The van der Waals surface area contributed by atoms with Crippen LogP contribution in [-0.2, 0) is 13.2 Å². The molecule has 0 fully saturated rings. The van der Waals surface area contributed by atoms with Crippen LogP contribution in [0.25, 0.3) is 11.3 Å². The maximum absolute atomic E-state index is 11.1. The second-order valence-corrected chi connectivity index (χ2v) is 4.58. The number of hydrogen-bond donors (Lipinski definition) is 4. The summed E-state index contributed by atoms with van der Waals surface area (Å²) in [4.78, 5) is 26.3. The van der Waals surface area contributed by atoms with E-state index in [0.717, 1.165) is 0 Å². The van der Waals surface area contributed by atoms with Crippen molar-refractivity contribution in [1.29, 1.82) is 0 Å². The minimum atomic E-state index is -1.19. The highest BCUT2D eigenvalue weighted by Gasteiger charge is 2.13. The minimum Gasteiger partial charge on any atom is -0.478 e. The fourth-order valence-electron chi connectivity index (χ4n) is 1.99. The summed E-state index contributed by atoms with van der Waals surface area (Å²) < 4.78 is 0. The Morgan fingerprint density at radius 2 is 1.50 bits per heavy atom. The zero-order valence-electron chi connectivity index (χ0n) is 11.4. The van der Waals surface area contributed by atoms with Gasteiger partial charge in [0.1, 0.15) is 0 Å². The van der Waals surface area contributed by atoms with Gasteiger partial charge < -0.3 is 20.4 Å². The van der Waals surface area contributed by atoms with Gasteiger partial charge >= 0.3 is 11.9 Å². The van der Waals surface area contributed by atoms with E-state index < -0.39 is 18.5 Å². The summed E-state index contributed by atoms with van der Waals surface area (Å²) in [7, 11) is 0. The van der Waals surface area contributed by atoms with Gasteiger partial charge in [-0.1, -0.05) is 0 Å². The quantitative estimate of drug-likeness (QED) is 0.651. The van der Waals surface area contributed by atoms with E-state index in [-0.39, 0.29) is 29.1 Å². The predicted octanol–water partition coefficient (Wildman–Crippen LogP) is 1.13. The third-order valence-electron chi connectivity index (χ3n) is 3.01. The van der Waals surface area contributed by atoms with Crippen molar-refractivity contribution in [2.24, 2.45) is 0 Å². The lowest BCUT2D eigenvalue weighted by molar-refractivity contribution is 0.0685. The van der Waals surface area contributed by atoms with Gasteiger partial charge in [-0.15, -0.1) is 0 Å². The summed E-state index contributed by atoms with van der Waals surface area (Å²) >= 11 is 0. The SMILES string of the molecule is O=C(O)c1cc(CO)cc(-c2cc(C(=O)O)cc(CO)n2)c1. The van der Waals surface area contributed by atoms with Crippen LogP contribution in [0.5, 0.6) is 0 Å².